The number of Topliss-reactive ketones (excluding diaryl/α,β-unsaturated/α-hetero) is 1. The van der Waals surface area contributed by atoms with Crippen LogP contribution in [0.25, 0.3) is 0 Å². The number of rotatable bonds is 9. The van der Waals surface area contributed by atoms with E-state index in [0.29, 0.717) is 45.1 Å². The first-order chi connectivity index (χ1) is 19.9. The number of fused-ring (bicyclic) bond motifs is 8. The second kappa shape index (κ2) is 14.0. The number of carbonyl (C=O) groups is 1. The Kier molecular flexibility index (Phi) is 11.1. The molecule has 2 N–H and O–H groups in total. The van der Waals surface area contributed by atoms with E-state index in [0.717, 1.165) is 55.2 Å². The Labute approximate surface area is 253 Å². The van der Waals surface area contributed by atoms with E-state index < -0.39 is 27.1 Å². The molecule has 2 fully saturated rings. The lowest BCUT2D eigenvalue weighted by atomic mass is 9.64. The lowest BCUT2D eigenvalue weighted by molar-refractivity contribution is -0.0726. The fourth-order valence-electron chi connectivity index (χ4n) is 7.84. The van der Waals surface area contributed by atoms with Crippen molar-refractivity contribution in [3.8, 4) is 0 Å². The first-order valence-corrected chi connectivity index (χ1v) is 17.9. The van der Waals surface area contributed by atoms with Crippen LogP contribution in [0.2, 0.25) is 0 Å². The minimum atomic E-state index is -3.56. The topological polar surface area (TPSA) is 104 Å². The normalized spacial score (nSPS) is 29.7. The number of methoxy groups -OCH3 is 1. The molecule has 0 heterocycles. The summed E-state index contributed by atoms with van der Waals surface area (Å²) in [5, 5.41) is 23.3. The lowest BCUT2D eigenvalue weighted by Gasteiger charge is -2.46. The molecule has 1 aromatic rings. The zero-order chi connectivity index (χ0) is 30.5. The largest absolute Gasteiger partial charge is 0.393 e. The maximum absolute atomic E-state index is 14.1. The molecule has 0 radical (unpaired) electrons. The van der Waals surface area contributed by atoms with Gasteiger partial charge in [-0.1, -0.05) is 50.0 Å². The molecule has 8 heteroatoms. The highest BCUT2D eigenvalue weighted by Gasteiger charge is 2.57. The van der Waals surface area contributed by atoms with Gasteiger partial charge in [0.1, 0.15) is 0 Å². The predicted molar refractivity (Wildman–Crippen MR) is 167 cm³/mol. The molecule has 0 spiro atoms. The van der Waals surface area contributed by atoms with Crippen molar-refractivity contribution in [1.29, 1.82) is 0 Å². The van der Waals surface area contributed by atoms with Gasteiger partial charge in [-0.15, -0.1) is 0 Å². The van der Waals surface area contributed by atoms with Crippen molar-refractivity contribution in [3.05, 3.63) is 46.5 Å². The highest BCUT2D eigenvalue weighted by Crippen LogP contribution is 2.59. The number of aliphatic hydroxyl groups is 2. The minimum Gasteiger partial charge on any atom is -0.393 e. The molecule has 0 aromatic heterocycles. The summed E-state index contributed by atoms with van der Waals surface area (Å²) < 4.78 is 32.4. The summed E-state index contributed by atoms with van der Waals surface area (Å²) in [7, 11) is -1.96. The van der Waals surface area contributed by atoms with Gasteiger partial charge in [0.05, 0.1) is 18.0 Å². The molecule has 1 aromatic carbocycles. The third kappa shape index (κ3) is 7.55. The molecule has 4 aliphatic carbocycles. The number of ketones is 1. The maximum Gasteiger partial charge on any atom is 0.211 e. The highest BCUT2D eigenvalue weighted by atomic mass is 32.2. The Hall–Kier alpha value is -1.58. The van der Waals surface area contributed by atoms with E-state index in [1.165, 1.54) is 22.6 Å². The first kappa shape index (κ1) is 33.3. The Balaban J connectivity index is 1.79. The van der Waals surface area contributed by atoms with Crippen molar-refractivity contribution in [3.63, 3.8) is 0 Å². The van der Waals surface area contributed by atoms with E-state index in [1.54, 1.807) is 7.11 Å². The summed E-state index contributed by atoms with van der Waals surface area (Å²) in [4.78, 5) is 14.1. The molecular weight excluding hydrogens is 550 g/mol. The molecule has 4 unspecified atom stereocenters. The molecule has 0 aliphatic heterocycles. The maximum atomic E-state index is 14.1. The van der Waals surface area contributed by atoms with Crippen LogP contribution in [0.1, 0.15) is 118 Å². The van der Waals surface area contributed by atoms with E-state index in [2.05, 4.69) is 32.1 Å². The van der Waals surface area contributed by atoms with Crippen LogP contribution in [-0.2, 0) is 21.2 Å². The third-order valence-electron chi connectivity index (χ3n) is 10.6. The van der Waals surface area contributed by atoms with Crippen LogP contribution in [0, 0.1) is 11.3 Å². The van der Waals surface area contributed by atoms with Gasteiger partial charge >= 0.3 is 0 Å². The molecule has 2 bridgehead atoms. The Morgan fingerprint density at radius 1 is 1.12 bits per heavy atom. The lowest BCUT2D eigenvalue weighted by Crippen LogP contribution is -2.53. The van der Waals surface area contributed by atoms with Gasteiger partial charge < -0.3 is 14.9 Å². The van der Waals surface area contributed by atoms with E-state index in [9.17, 15) is 23.4 Å². The van der Waals surface area contributed by atoms with Gasteiger partial charge in [0.25, 0.3) is 0 Å². The van der Waals surface area contributed by atoms with Crippen molar-refractivity contribution >= 4 is 15.8 Å². The van der Waals surface area contributed by atoms with Crippen LogP contribution in [0.15, 0.2) is 29.8 Å². The Morgan fingerprint density at radius 3 is 2.55 bits per heavy atom. The van der Waals surface area contributed by atoms with Crippen molar-refractivity contribution in [2.75, 3.05) is 33.1 Å². The van der Waals surface area contributed by atoms with E-state index in [-0.39, 0.29) is 30.7 Å². The third-order valence-corrected chi connectivity index (χ3v) is 11.8. The SMILES string of the molecule is COCCCN(CC1(O)CCC2c3ccc(cc3C(=O)C3CCCCC3)CC(O)CCC(C)=CCCC21C)S(C)(=O)=O. The van der Waals surface area contributed by atoms with Crippen LogP contribution < -0.4 is 0 Å². The molecule has 0 amide bonds. The zero-order valence-electron chi connectivity index (χ0n) is 26.2. The van der Waals surface area contributed by atoms with Crippen LogP contribution in [-0.4, -0.2) is 73.5 Å². The second-order valence-corrected chi connectivity index (χ2v) is 15.6. The molecule has 0 saturated heterocycles. The summed E-state index contributed by atoms with van der Waals surface area (Å²) in [5.74, 6) is 0.107. The number of sulfonamides is 1. The van der Waals surface area contributed by atoms with Gasteiger partial charge in [-0.2, -0.15) is 4.31 Å². The van der Waals surface area contributed by atoms with Crippen molar-refractivity contribution in [1.82, 2.24) is 4.31 Å². The molecule has 4 atom stereocenters. The fourth-order valence-corrected chi connectivity index (χ4v) is 8.75. The monoisotopic (exact) mass is 603 g/mol. The van der Waals surface area contributed by atoms with E-state index in [1.807, 2.05) is 6.07 Å². The number of hydrogen-bond acceptors (Lipinski definition) is 6. The molecule has 42 heavy (non-hydrogen) atoms. The van der Waals surface area contributed by atoms with Crippen molar-refractivity contribution in [2.24, 2.45) is 11.3 Å². The van der Waals surface area contributed by atoms with Crippen molar-refractivity contribution in [2.45, 2.75) is 115 Å². The predicted octanol–water partition coefficient (Wildman–Crippen LogP) is 5.79. The second-order valence-electron chi connectivity index (χ2n) is 13.6. The molecule has 4 aliphatic rings. The summed E-state index contributed by atoms with van der Waals surface area (Å²) in [6, 6.07) is 6.15. The smallest absolute Gasteiger partial charge is 0.211 e. The van der Waals surface area contributed by atoms with Gasteiger partial charge in [-0.3, -0.25) is 4.79 Å². The van der Waals surface area contributed by atoms with E-state index >= 15 is 0 Å². The van der Waals surface area contributed by atoms with Gasteiger partial charge in [-0.05, 0) is 94.2 Å². The van der Waals surface area contributed by atoms with Crippen LogP contribution in [0.5, 0.6) is 0 Å². The van der Waals surface area contributed by atoms with Gasteiger partial charge in [-0.25, -0.2) is 8.42 Å². The first-order valence-electron chi connectivity index (χ1n) is 16.0. The van der Waals surface area contributed by atoms with Crippen molar-refractivity contribution < 1.29 is 28.2 Å². The molecular formula is C34H53NO6S. The summed E-state index contributed by atoms with van der Waals surface area (Å²) in [6.07, 6.45) is 13.1. The Morgan fingerprint density at radius 2 is 1.86 bits per heavy atom. The fraction of sp³-hybridized carbons (Fsp3) is 0.735. The average Bonchev–Trinajstić information content (AvgIpc) is 3.20. The van der Waals surface area contributed by atoms with Crippen LogP contribution in [0.4, 0.5) is 0 Å². The van der Waals surface area contributed by atoms with Gasteiger partial charge in [0.15, 0.2) is 5.78 Å². The standard InChI is InChI=1S/C34H53NO6S/c1-25-10-8-18-33(2)31(17-19-34(33,38)24-35(42(4,39)40)20-9-21-41-3)29-16-14-26(22-28(36)15-13-25)23-30(29)32(37)27-11-6-5-7-12-27/h10,14,16,23,27-28,31,36,38H,5-9,11-13,15,17-22,24H2,1-4H3. The van der Waals surface area contributed by atoms with Gasteiger partial charge in [0, 0.05) is 43.7 Å². The summed E-state index contributed by atoms with van der Waals surface area (Å²) in [5.41, 5.74) is 2.00. The summed E-state index contributed by atoms with van der Waals surface area (Å²) in [6.45, 7) is 4.97. The van der Waals surface area contributed by atoms with Gasteiger partial charge in [0.2, 0.25) is 10.0 Å². The number of benzene rings is 1. The number of allylic oxidation sites excluding steroid dienone is 2. The number of aliphatic hydroxyl groups excluding tert-OH is 1. The average molecular weight is 604 g/mol. The highest BCUT2D eigenvalue weighted by molar-refractivity contribution is 7.88. The Bertz CT molecular complexity index is 1220. The number of ether oxygens (including phenoxy) is 1. The van der Waals surface area contributed by atoms with Crippen LogP contribution >= 0.6 is 0 Å². The minimum absolute atomic E-state index is 0.00944. The zero-order valence-corrected chi connectivity index (χ0v) is 27.1. The molecule has 236 valence electrons. The molecule has 2 saturated carbocycles. The summed E-state index contributed by atoms with van der Waals surface area (Å²) >= 11 is 0. The number of nitrogens with zero attached hydrogens (tertiary/aromatic N) is 1. The molecule has 5 rings (SSSR count). The number of hydrogen-bond donors (Lipinski definition) is 2. The van der Waals surface area contributed by atoms with E-state index in [4.69, 9.17) is 4.74 Å². The quantitative estimate of drug-likeness (QED) is 0.211. The van der Waals surface area contributed by atoms with Crippen LogP contribution in [0.3, 0.4) is 0 Å². The number of carbonyl (C=O) groups excluding carboxylic acids is 1. The molecule has 7 nitrogen and oxygen atoms in total.